The number of methoxy groups -OCH3 is 1. The Morgan fingerprint density at radius 2 is 2.03 bits per heavy atom. The van der Waals surface area contributed by atoms with Gasteiger partial charge in [0.15, 0.2) is 17.2 Å². The van der Waals surface area contributed by atoms with Crippen molar-refractivity contribution in [3.05, 3.63) is 65.5 Å². The Kier molecular flexibility index (Phi) is 7.39. The third-order valence-corrected chi connectivity index (χ3v) is 5.13. The van der Waals surface area contributed by atoms with E-state index in [1.807, 2.05) is 49.2 Å². The van der Waals surface area contributed by atoms with Crippen LogP contribution in [0.5, 0.6) is 11.5 Å². The van der Waals surface area contributed by atoms with Crippen LogP contribution >= 0.6 is 0 Å². The smallest absolute Gasteiger partial charge is 0.293 e. The number of carbonyl (C=O) groups is 1. The minimum absolute atomic E-state index is 0.0120. The first kappa shape index (κ1) is 24.2. The van der Waals surface area contributed by atoms with E-state index in [1.165, 1.54) is 10.9 Å². The summed E-state index contributed by atoms with van der Waals surface area (Å²) in [6.45, 7) is 2.66. The van der Waals surface area contributed by atoms with Crippen LogP contribution in [0.4, 0.5) is 11.5 Å². The van der Waals surface area contributed by atoms with Crippen LogP contribution < -0.4 is 25.5 Å². The maximum Gasteiger partial charge on any atom is 0.293 e. The van der Waals surface area contributed by atoms with Gasteiger partial charge in [0, 0.05) is 12.7 Å². The van der Waals surface area contributed by atoms with Crippen LogP contribution in [0.2, 0.25) is 0 Å². The summed E-state index contributed by atoms with van der Waals surface area (Å²) in [6.07, 6.45) is 1.48. The van der Waals surface area contributed by atoms with Gasteiger partial charge in [0.25, 0.3) is 5.91 Å². The van der Waals surface area contributed by atoms with E-state index in [1.54, 1.807) is 25.3 Å². The molecule has 4 rings (SSSR count). The Labute approximate surface area is 206 Å². The Morgan fingerprint density at radius 3 is 2.72 bits per heavy atom. The first-order valence-corrected chi connectivity index (χ1v) is 10.9. The number of nitrogens with zero attached hydrogens (tertiary/aromatic N) is 7. The second kappa shape index (κ2) is 11.0. The molecule has 2 aromatic carbocycles. The molecule has 1 amide bonds. The number of hydrogen-bond donors (Lipinski definition) is 2. The summed E-state index contributed by atoms with van der Waals surface area (Å²) in [7, 11) is 3.42. The Bertz CT molecular complexity index is 1350. The lowest BCUT2D eigenvalue weighted by Gasteiger charge is -2.19. The van der Waals surface area contributed by atoms with Crippen molar-refractivity contribution in [1.29, 1.82) is 0 Å². The van der Waals surface area contributed by atoms with Crippen molar-refractivity contribution < 1.29 is 18.9 Å². The van der Waals surface area contributed by atoms with Crippen LogP contribution in [0.15, 0.2) is 58.3 Å². The van der Waals surface area contributed by atoms with Gasteiger partial charge in [-0.05, 0) is 53.1 Å². The van der Waals surface area contributed by atoms with E-state index in [4.69, 9.17) is 19.8 Å². The molecule has 186 valence electrons. The summed E-state index contributed by atoms with van der Waals surface area (Å²) in [4.78, 5) is 14.9. The fourth-order valence-corrected chi connectivity index (χ4v) is 3.38. The number of hydrogen-bond acceptors (Lipinski definition) is 11. The number of rotatable bonds is 10. The fourth-order valence-electron chi connectivity index (χ4n) is 3.38. The van der Waals surface area contributed by atoms with Gasteiger partial charge in [-0.15, -0.1) is 5.10 Å². The summed E-state index contributed by atoms with van der Waals surface area (Å²) < 4.78 is 16.9. The number of para-hydroxylation sites is 1. The number of nitrogens with two attached hydrogens (primary N) is 1. The largest absolute Gasteiger partial charge is 0.493 e. The van der Waals surface area contributed by atoms with Crippen molar-refractivity contribution in [1.82, 2.24) is 30.7 Å². The lowest BCUT2D eigenvalue weighted by molar-refractivity contribution is 0.0949. The highest BCUT2D eigenvalue weighted by atomic mass is 16.6. The van der Waals surface area contributed by atoms with Crippen LogP contribution in [0, 0.1) is 0 Å². The average molecular weight is 492 g/mol. The molecule has 0 radical (unpaired) electrons. The topological polar surface area (TPSA) is 159 Å². The number of amides is 1. The van der Waals surface area contributed by atoms with E-state index in [0.29, 0.717) is 29.4 Å². The fraction of sp³-hybridized carbons (Fsp3) is 0.217. The van der Waals surface area contributed by atoms with Gasteiger partial charge in [-0.1, -0.05) is 23.4 Å². The van der Waals surface area contributed by atoms with E-state index in [-0.39, 0.29) is 23.9 Å². The van der Waals surface area contributed by atoms with Crippen LogP contribution in [0.25, 0.3) is 5.82 Å². The maximum absolute atomic E-state index is 13.0. The van der Waals surface area contributed by atoms with Crippen molar-refractivity contribution in [2.75, 3.05) is 31.4 Å². The first-order valence-electron chi connectivity index (χ1n) is 10.9. The molecule has 0 fully saturated rings. The van der Waals surface area contributed by atoms with Gasteiger partial charge < -0.3 is 20.1 Å². The van der Waals surface area contributed by atoms with E-state index in [2.05, 4.69) is 31.2 Å². The van der Waals surface area contributed by atoms with Crippen molar-refractivity contribution in [2.45, 2.75) is 13.5 Å². The molecule has 0 saturated heterocycles. The SMILES string of the molecule is CCOc1ccc(/C=N/NC(=O)c2nnn(-c3nonc3N)c2CN(C)c2ccccc2)cc1OC. The maximum atomic E-state index is 13.0. The van der Waals surface area contributed by atoms with E-state index < -0.39 is 5.91 Å². The van der Waals surface area contributed by atoms with E-state index in [0.717, 1.165) is 5.69 Å². The number of ether oxygens (including phenoxy) is 2. The number of benzene rings is 2. The van der Waals surface area contributed by atoms with Crippen LogP contribution in [0.1, 0.15) is 28.7 Å². The zero-order valence-corrected chi connectivity index (χ0v) is 20.0. The van der Waals surface area contributed by atoms with Crippen molar-refractivity contribution in [3.63, 3.8) is 0 Å². The summed E-state index contributed by atoms with van der Waals surface area (Å²) in [5, 5.41) is 19.5. The third kappa shape index (κ3) is 5.24. The predicted molar refractivity (Wildman–Crippen MR) is 131 cm³/mol. The summed E-state index contributed by atoms with van der Waals surface area (Å²) in [5.74, 6) is 0.745. The Balaban J connectivity index is 1.57. The minimum atomic E-state index is -0.568. The molecule has 0 unspecified atom stereocenters. The molecule has 2 heterocycles. The molecule has 3 N–H and O–H groups in total. The van der Waals surface area contributed by atoms with E-state index >= 15 is 0 Å². The van der Waals surface area contributed by atoms with Gasteiger partial charge in [-0.3, -0.25) is 4.79 Å². The van der Waals surface area contributed by atoms with Gasteiger partial charge in [0.1, 0.15) is 0 Å². The molecule has 0 aliphatic heterocycles. The molecule has 13 heteroatoms. The molecule has 0 bridgehead atoms. The molecule has 2 aromatic heterocycles. The van der Waals surface area contributed by atoms with Crippen LogP contribution in [-0.2, 0) is 6.54 Å². The predicted octanol–water partition coefficient (Wildman–Crippen LogP) is 2.04. The van der Waals surface area contributed by atoms with Crippen molar-refractivity contribution in [2.24, 2.45) is 5.10 Å². The van der Waals surface area contributed by atoms with Gasteiger partial charge in [0.2, 0.25) is 11.6 Å². The Morgan fingerprint density at radius 1 is 1.22 bits per heavy atom. The van der Waals surface area contributed by atoms with E-state index in [9.17, 15) is 4.79 Å². The molecular weight excluding hydrogens is 466 g/mol. The highest BCUT2D eigenvalue weighted by Gasteiger charge is 2.25. The molecule has 4 aromatic rings. The number of nitrogens with one attached hydrogen (secondary N) is 1. The first-order chi connectivity index (χ1) is 17.5. The number of aromatic nitrogens is 5. The molecule has 13 nitrogen and oxygen atoms in total. The lowest BCUT2D eigenvalue weighted by Crippen LogP contribution is -2.24. The normalized spacial score (nSPS) is 11.0. The third-order valence-electron chi connectivity index (χ3n) is 5.13. The van der Waals surface area contributed by atoms with Crippen LogP contribution in [0.3, 0.4) is 0 Å². The highest BCUT2D eigenvalue weighted by Crippen LogP contribution is 2.27. The summed E-state index contributed by atoms with van der Waals surface area (Å²) in [6, 6.07) is 14.9. The zero-order chi connectivity index (χ0) is 25.5. The Hall–Kier alpha value is -4.94. The highest BCUT2D eigenvalue weighted by molar-refractivity contribution is 5.94. The van der Waals surface area contributed by atoms with Gasteiger partial charge in [-0.25, -0.2) is 10.1 Å². The minimum Gasteiger partial charge on any atom is -0.493 e. The molecule has 0 spiro atoms. The molecule has 0 aliphatic rings. The molecule has 0 aliphatic carbocycles. The summed E-state index contributed by atoms with van der Waals surface area (Å²) in [5.41, 5.74) is 10.4. The number of carbonyl (C=O) groups excluding carboxylic acids is 1. The lowest BCUT2D eigenvalue weighted by atomic mass is 10.2. The van der Waals surface area contributed by atoms with Crippen molar-refractivity contribution >= 4 is 23.6 Å². The number of nitrogen functional groups attached to an aromatic ring is 1. The molecule has 36 heavy (non-hydrogen) atoms. The monoisotopic (exact) mass is 491 g/mol. The molecule has 0 atom stereocenters. The molecule has 0 saturated carbocycles. The number of anilines is 2. The molecular formula is C23H25N9O4. The standard InChI is InChI=1S/C23H25N9O4/c1-4-35-18-11-10-15(12-19(18)34-3)13-25-27-23(33)20-17(14-31(2)16-8-6-5-7-9-16)32(30-26-20)22-21(24)28-36-29-22/h5-13H,4,14H2,1-3H3,(H2,24,28)(H,27,33)/b25-13+. The number of hydrazone groups is 1. The zero-order valence-electron chi connectivity index (χ0n) is 20.0. The van der Waals surface area contributed by atoms with Crippen molar-refractivity contribution in [3.8, 4) is 17.3 Å². The van der Waals surface area contributed by atoms with Gasteiger partial charge in [-0.2, -0.15) is 9.78 Å². The quantitative estimate of drug-likeness (QED) is 0.248. The second-order valence-corrected chi connectivity index (χ2v) is 7.50. The summed E-state index contributed by atoms with van der Waals surface area (Å²) >= 11 is 0. The average Bonchev–Trinajstić information content (AvgIpc) is 3.50. The van der Waals surface area contributed by atoms with Gasteiger partial charge in [0.05, 0.1) is 32.2 Å². The van der Waals surface area contributed by atoms with Crippen LogP contribution in [-0.4, -0.2) is 58.2 Å². The van der Waals surface area contributed by atoms with Gasteiger partial charge >= 0.3 is 0 Å². The second-order valence-electron chi connectivity index (χ2n) is 7.50.